The van der Waals surface area contributed by atoms with Gasteiger partial charge in [-0.1, -0.05) is 0 Å². The molecule has 8 nitrogen and oxygen atoms in total. The van der Waals surface area contributed by atoms with Gasteiger partial charge in [0.1, 0.15) is 6.61 Å². The first-order chi connectivity index (χ1) is 10.9. The lowest BCUT2D eigenvalue weighted by Crippen LogP contribution is -2.50. The summed E-state index contributed by atoms with van der Waals surface area (Å²) in [5, 5.41) is 22.3. The van der Waals surface area contributed by atoms with Crippen LogP contribution in [0, 0.1) is 0 Å². The Balaban J connectivity index is 2.35. The number of amides is 1. The van der Waals surface area contributed by atoms with E-state index in [1.807, 2.05) is 0 Å². The van der Waals surface area contributed by atoms with Crippen molar-refractivity contribution in [1.82, 2.24) is 5.32 Å². The van der Waals surface area contributed by atoms with Gasteiger partial charge in [0.15, 0.2) is 6.29 Å². The van der Waals surface area contributed by atoms with E-state index in [1.165, 1.54) is 6.92 Å². The monoisotopic (exact) mass is 332 g/mol. The van der Waals surface area contributed by atoms with Crippen LogP contribution in [0.1, 0.15) is 45.4 Å². The van der Waals surface area contributed by atoms with E-state index in [0.29, 0.717) is 25.8 Å². The molecule has 4 atom stereocenters. The molecule has 4 unspecified atom stereocenters. The summed E-state index contributed by atoms with van der Waals surface area (Å²) in [5.74, 6) is -0.568. The Morgan fingerprint density at radius 2 is 2.13 bits per heavy atom. The third-order valence-corrected chi connectivity index (χ3v) is 3.67. The van der Waals surface area contributed by atoms with Gasteiger partial charge in [0.2, 0.25) is 5.91 Å². The van der Waals surface area contributed by atoms with Gasteiger partial charge in [-0.2, -0.15) is 0 Å². The number of carbonyl (C=O) groups is 2. The molecule has 0 aromatic rings. The van der Waals surface area contributed by atoms with Crippen LogP contribution in [-0.2, 0) is 19.1 Å². The predicted molar refractivity (Wildman–Crippen MR) is 82.2 cm³/mol. The summed E-state index contributed by atoms with van der Waals surface area (Å²) < 4.78 is 10.4. The van der Waals surface area contributed by atoms with Crippen LogP contribution in [-0.4, -0.2) is 59.8 Å². The standard InChI is InChI=1S/C15H28N2O6/c1-10(18)17-12-5-6-15(21)23-13(12)8-11(19)9-22-14(20)4-2-3-7-16/h11-13,15,19,21H,2-9,16H2,1H3,(H,17,18). The van der Waals surface area contributed by atoms with Gasteiger partial charge in [-0.05, 0) is 25.8 Å². The molecule has 0 bridgehead atoms. The molecule has 0 aliphatic carbocycles. The average Bonchev–Trinajstić information content (AvgIpc) is 2.48. The van der Waals surface area contributed by atoms with Crippen LogP contribution in [0.15, 0.2) is 0 Å². The van der Waals surface area contributed by atoms with Gasteiger partial charge in [0, 0.05) is 26.2 Å². The van der Waals surface area contributed by atoms with Gasteiger partial charge in [-0.3, -0.25) is 9.59 Å². The largest absolute Gasteiger partial charge is 0.463 e. The summed E-state index contributed by atoms with van der Waals surface area (Å²) in [6, 6.07) is -0.272. The summed E-state index contributed by atoms with van der Waals surface area (Å²) in [7, 11) is 0. The van der Waals surface area contributed by atoms with Crippen molar-refractivity contribution >= 4 is 11.9 Å². The van der Waals surface area contributed by atoms with Crippen molar-refractivity contribution < 1.29 is 29.3 Å². The molecular weight excluding hydrogens is 304 g/mol. The van der Waals surface area contributed by atoms with E-state index in [1.54, 1.807) is 0 Å². The average molecular weight is 332 g/mol. The van der Waals surface area contributed by atoms with Crippen molar-refractivity contribution in [3.63, 3.8) is 0 Å². The minimum atomic E-state index is -0.917. The van der Waals surface area contributed by atoms with E-state index in [2.05, 4.69) is 5.32 Å². The van der Waals surface area contributed by atoms with Crippen LogP contribution in [0.4, 0.5) is 0 Å². The summed E-state index contributed by atoms with van der Waals surface area (Å²) in [6.45, 7) is 1.80. The zero-order chi connectivity index (χ0) is 17.2. The molecule has 1 saturated heterocycles. The zero-order valence-electron chi connectivity index (χ0n) is 13.6. The molecule has 1 amide bonds. The highest BCUT2D eigenvalue weighted by Gasteiger charge is 2.32. The molecule has 1 aliphatic heterocycles. The van der Waals surface area contributed by atoms with Crippen molar-refractivity contribution in [3.05, 3.63) is 0 Å². The number of carbonyl (C=O) groups excluding carboxylic acids is 2. The maximum absolute atomic E-state index is 11.5. The number of ether oxygens (including phenoxy) is 2. The lowest BCUT2D eigenvalue weighted by atomic mass is 9.97. The molecule has 0 saturated carbocycles. The van der Waals surface area contributed by atoms with Crippen molar-refractivity contribution in [2.75, 3.05) is 13.2 Å². The molecule has 1 heterocycles. The van der Waals surface area contributed by atoms with Gasteiger partial charge in [0.25, 0.3) is 0 Å². The molecule has 1 fully saturated rings. The predicted octanol–water partition coefficient (Wildman–Crippen LogP) is -0.588. The fourth-order valence-corrected chi connectivity index (χ4v) is 2.53. The normalized spacial score (nSPS) is 25.7. The third kappa shape index (κ3) is 8.26. The summed E-state index contributed by atoms with van der Waals surface area (Å²) >= 11 is 0. The minimum absolute atomic E-state index is 0.135. The molecule has 134 valence electrons. The molecule has 0 spiro atoms. The van der Waals surface area contributed by atoms with Crippen molar-refractivity contribution in [3.8, 4) is 0 Å². The first kappa shape index (κ1) is 19.8. The molecule has 0 radical (unpaired) electrons. The van der Waals surface area contributed by atoms with Gasteiger partial charge in [-0.15, -0.1) is 0 Å². The topological polar surface area (TPSA) is 131 Å². The number of hydrogen-bond acceptors (Lipinski definition) is 7. The van der Waals surface area contributed by atoms with E-state index in [0.717, 1.165) is 6.42 Å². The number of unbranched alkanes of at least 4 members (excludes halogenated alkanes) is 1. The zero-order valence-corrected chi connectivity index (χ0v) is 13.6. The Morgan fingerprint density at radius 1 is 1.39 bits per heavy atom. The van der Waals surface area contributed by atoms with Crippen LogP contribution in [0.5, 0.6) is 0 Å². The highest BCUT2D eigenvalue weighted by molar-refractivity contribution is 5.73. The smallest absolute Gasteiger partial charge is 0.305 e. The van der Waals surface area contributed by atoms with Crippen LogP contribution in [0.3, 0.4) is 0 Å². The second-order valence-electron chi connectivity index (χ2n) is 5.83. The summed E-state index contributed by atoms with van der Waals surface area (Å²) in [5.41, 5.74) is 5.34. The van der Waals surface area contributed by atoms with Gasteiger partial charge >= 0.3 is 5.97 Å². The van der Waals surface area contributed by atoms with E-state index >= 15 is 0 Å². The molecule has 8 heteroatoms. The lowest BCUT2D eigenvalue weighted by Gasteiger charge is -2.35. The van der Waals surface area contributed by atoms with Crippen molar-refractivity contribution in [2.45, 2.75) is 70.0 Å². The van der Waals surface area contributed by atoms with Gasteiger partial charge in [-0.25, -0.2) is 0 Å². The second kappa shape index (κ2) is 10.5. The third-order valence-electron chi connectivity index (χ3n) is 3.67. The first-order valence-electron chi connectivity index (χ1n) is 8.06. The summed E-state index contributed by atoms with van der Waals surface area (Å²) in [6.07, 6.45) is 0.502. The van der Waals surface area contributed by atoms with Gasteiger partial charge < -0.3 is 30.7 Å². The number of hydrogen-bond donors (Lipinski definition) is 4. The van der Waals surface area contributed by atoms with E-state index in [4.69, 9.17) is 15.2 Å². The molecular formula is C15H28N2O6. The molecule has 5 N–H and O–H groups in total. The fourth-order valence-electron chi connectivity index (χ4n) is 2.53. The van der Waals surface area contributed by atoms with Crippen molar-refractivity contribution in [1.29, 1.82) is 0 Å². The van der Waals surface area contributed by atoms with Crippen LogP contribution < -0.4 is 11.1 Å². The molecule has 0 aromatic heterocycles. The van der Waals surface area contributed by atoms with Crippen LogP contribution in [0.2, 0.25) is 0 Å². The Hall–Kier alpha value is -1.22. The number of nitrogens with one attached hydrogen (secondary N) is 1. The Bertz CT molecular complexity index is 379. The second-order valence-corrected chi connectivity index (χ2v) is 5.83. The van der Waals surface area contributed by atoms with Crippen molar-refractivity contribution in [2.24, 2.45) is 5.73 Å². The highest BCUT2D eigenvalue weighted by atomic mass is 16.6. The maximum atomic E-state index is 11.5. The Kier molecular flexibility index (Phi) is 9.08. The van der Waals surface area contributed by atoms with Gasteiger partial charge in [0.05, 0.1) is 18.2 Å². The molecule has 1 rings (SSSR count). The van der Waals surface area contributed by atoms with Crippen LogP contribution in [0.25, 0.3) is 0 Å². The molecule has 1 aliphatic rings. The number of rotatable bonds is 9. The molecule has 0 aromatic carbocycles. The first-order valence-corrected chi connectivity index (χ1v) is 8.06. The number of aliphatic hydroxyl groups is 2. The molecule has 23 heavy (non-hydrogen) atoms. The Morgan fingerprint density at radius 3 is 2.78 bits per heavy atom. The maximum Gasteiger partial charge on any atom is 0.305 e. The number of aliphatic hydroxyl groups excluding tert-OH is 2. The highest BCUT2D eigenvalue weighted by Crippen LogP contribution is 2.22. The van der Waals surface area contributed by atoms with Crippen LogP contribution >= 0.6 is 0 Å². The van der Waals surface area contributed by atoms with E-state index in [-0.39, 0.29) is 37.4 Å². The van der Waals surface area contributed by atoms with E-state index < -0.39 is 18.5 Å². The van der Waals surface area contributed by atoms with E-state index in [9.17, 15) is 19.8 Å². The fraction of sp³-hybridized carbons (Fsp3) is 0.867. The Labute approximate surface area is 136 Å². The quantitative estimate of drug-likeness (QED) is 0.328. The SMILES string of the molecule is CC(=O)NC1CCC(O)OC1CC(O)COC(=O)CCCCN. The summed E-state index contributed by atoms with van der Waals surface area (Å²) in [4.78, 5) is 22.7. The minimum Gasteiger partial charge on any atom is -0.463 e. The number of nitrogens with two attached hydrogens (primary N) is 1. The number of esters is 1. The lowest BCUT2D eigenvalue weighted by molar-refractivity contribution is -0.183.